The van der Waals surface area contributed by atoms with E-state index in [1.807, 2.05) is 28.8 Å². The maximum Gasteiger partial charge on any atom is 0.308 e. The molecule has 0 unspecified atom stereocenters. The Bertz CT molecular complexity index is 2310. The van der Waals surface area contributed by atoms with Gasteiger partial charge in [0.2, 0.25) is 5.88 Å². The largest absolute Gasteiger partial charge is 0.406 e. The monoisotopic (exact) mass is 488 g/mol. The summed E-state index contributed by atoms with van der Waals surface area (Å²) in [6, 6.07) is 40.6. The fourth-order valence-electron chi connectivity index (χ4n) is 6.09. The highest BCUT2D eigenvalue weighted by Crippen LogP contribution is 2.37. The number of nitrogens with zero attached hydrogens (tertiary/aromatic N) is 4. The Morgan fingerprint density at radius 2 is 1.05 bits per heavy atom. The van der Waals surface area contributed by atoms with Crippen molar-refractivity contribution in [2.75, 3.05) is 0 Å². The second kappa shape index (κ2) is 7.14. The van der Waals surface area contributed by atoms with Crippen LogP contribution in [0.1, 0.15) is 0 Å². The highest BCUT2D eigenvalue weighted by Gasteiger charge is 2.19. The van der Waals surface area contributed by atoms with Crippen LogP contribution in [0.2, 0.25) is 0 Å². The summed E-state index contributed by atoms with van der Waals surface area (Å²) in [6.45, 7) is 0. The average molecular weight is 489 g/mol. The Kier molecular flexibility index (Phi) is 3.73. The van der Waals surface area contributed by atoms with E-state index in [1.54, 1.807) is 0 Å². The van der Waals surface area contributed by atoms with Crippen molar-refractivity contribution in [1.82, 2.24) is 18.5 Å². The fourth-order valence-corrected chi connectivity index (χ4v) is 6.09. The minimum Gasteiger partial charge on any atom is -0.406 e. The van der Waals surface area contributed by atoms with Crippen LogP contribution < -0.4 is 0 Å². The molecule has 4 heterocycles. The molecule has 0 atom stereocenters. The third kappa shape index (κ3) is 2.52. The van der Waals surface area contributed by atoms with Gasteiger partial charge in [-0.25, -0.2) is 0 Å². The van der Waals surface area contributed by atoms with Gasteiger partial charge in [0.25, 0.3) is 0 Å². The van der Waals surface area contributed by atoms with Crippen molar-refractivity contribution >= 4 is 60.5 Å². The van der Waals surface area contributed by atoms with Gasteiger partial charge >= 0.3 is 5.84 Å². The van der Waals surface area contributed by atoms with Gasteiger partial charge in [-0.3, -0.25) is 8.97 Å². The normalized spacial score (nSPS) is 12.2. The summed E-state index contributed by atoms with van der Waals surface area (Å²) in [5, 5.41) is 4.89. The molecule has 0 N–H and O–H groups in total. The minimum atomic E-state index is 0.592. The lowest BCUT2D eigenvalue weighted by atomic mass is 10.1. The van der Waals surface area contributed by atoms with Crippen molar-refractivity contribution in [3.63, 3.8) is 0 Å². The number of fused-ring (bicyclic) bond motifs is 9. The van der Waals surface area contributed by atoms with Gasteiger partial charge in [-0.15, -0.1) is 0 Å². The summed E-state index contributed by atoms with van der Waals surface area (Å²) < 4.78 is 12.9. The summed E-state index contributed by atoms with van der Waals surface area (Å²) in [7, 11) is 0. The summed E-state index contributed by atoms with van der Waals surface area (Å²) in [6.07, 6.45) is 2.04. The van der Waals surface area contributed by atoms with Crippen LogP contribution in [0.5, 0.6) is 0 Å². The number of para-hydroxylation sites is 5. The smallest absolute Gasteiger partial charge is 0.308 e. The molecule has 0 radical (unpaired) electrons. The first-order valence-electron chi connectivity index (χ1n) is 12.7. The van der Waals surface area contributed by atoms with E-state index < -0.39 is 0 Å². The van der Waals surface area contributed by atoms with E-state index >= 15 is 0 Å². The first-order chi connectivity index (χ1) is 18.8. The van der Waals surface area contributed by atoms with Crippen LogP contribution in [0.4, 0.5) is 0 Å². The summed E-state index contributed by atoms with van der Waals surface area (Å²) in [5.74, 6) is 1.34. The molecule has 9 rings (SSSR count). The molecular weight excluding hydrogens is 468 g/mol. The third-order valence-corrected chi connectivity index (χ3v) is 7.71. The molecule has 0 aliphatic carbocycles. The second-order valence-corrected chi connectivity index (χ2v) is 9.75. The SMILES string of the molecule is c1ccc2c(c1)nc1oc(-n3c4ccccc4c4cc(-n5c6ccccc6c6ccccc65)ccc43)cn12. The Morgan fingerprint density at radius 1 is 0.500 bits per heavy atom. The predicted octanol–water partition coefficient (Wildman–Crippen LogP) is 8.27. The number of benzene rings is 5. The first kappa shape index (κ1) is 19.8. The van der Waals surface area contributed by atoms with E-state index in [0.717, 1.165) is 33.6 Å². The molecule has 9 aromatic rings. The molecule has 178 valence electrons. The topological polar surface area (TPSA) is 40.3 Å². The van der Waals surface area contributed by atoms with E-state index in [9.17, 15) is 0 Å². The second-order valence-electron chi connectivity index (χ2n) is 9.75. The lowest BCUT2D eigenvalue weighted by Crippen LogP contribution is -1.95. The van der Waals surface area contributed by atoms with Gasteiger partial charge in [-0.05, 0) is 48.5 Å². The number of aromatic nitrogens is 4. The summed E-state index contributed by atoms with van der Waals surface area (Å²) in [5.41, 5.74) is 7.70. The molecule has 0 amide bonds. The molecule has 5 nitrogen and oxygen atoms in total. The van der Waals surface area contributed by atoms with Gasteiger partial charge < -0.3 is 8.98 Å². The average Bonchev–Trinajstić information content (AvgIpc) is 3.70. The van der Waals surface area contributed by atoms with Crippen LogP contribution in [0.15, 0.2) is 126 Å². The number of imidazole rings is 1. The zero-order valence-electron chi connectivity index (χ0n) is 20.2. The van der Waals surface area contributed by atoms with Crippen LogP contribution in [-0.2, 0) is 0 Å². The Labute approximate surface area is 216 Å². The van der Waals surface area contributed by atoms with E-state index in [0.29, 0.717) is 5.84 Å². The van der Waals surface area contributed by atoms with Crippen LogP contribution in [0.3, 0.4) is 0 Å². The van der Waals surface area contributed by atoms with Gasteiger partial charge in [0.05, 0.1) is 39.3 Å². The van der Waals surface area contributed by atoms with Crippen molar-refractivity contribution in [1.29, 1.82) is 0 Å². The van der Waals surface area contributed by atoms with Crippen LogP contribution in [-0.4, -0.2) is 18.5 Å². The Hall–Kier alpha value is -5.29. The molecule has 38 heavy (non-hydrogen) atoms. The molecule has 4 aromatic heterocycles. The molecule has 0 fully saturated rings. The van der Waals surface area contributed by atoms with Crippen LogP contribution in [0, 0.1) is 0 Å². The van der Waals surface area contributed by atoms with Crippen LogP contribution >= 0.6 is 0 Å². The molecule has 0 bridgehead atoms. The van der Waals surface area contributed by atoms with Crippen molar-refractivity contribution in [2.45, 2.75) is 0 Å². The lowest BCUT2D eigenvalue weighted by Gasteiger charge is -2.09. The van der Waals surface area contributed by atoms with E-state index in [-0.39, 0.29) is 0 Å². The standard InChI is InChI=1S/C33H20N4O/c1-5-13-27-22(9-1)23-10-2-6-14-28(23)36(27)21-17-18-30-25(19-21)24-11-3-7-15-29(24)37(30)32-20-35-31-16-8-4-12-26(31)34-33(35)38-32/h1-20H. The number of oxazole rings is 1. The predicted molar refractivity (Wildman–Crippen MR) is 154 cm³/mol. The van der Waals surface area contributed by atoms with E-state index in [2.05, 4.69) is 106 Å². The summed E-state index contributed by atoms with van der Waals surface area (Å²) in [4.78, 5) is 4.69. The highest BCUT2D eigenvalue weighted by molar-refractivity contribution is 6.12. The molecule has 0 saturated heterocycles. The van der Waals surface area contributed by atoms with Crippen molar-refractivity contribution in [3.8, 4) is 11.6 Å². The zero-order chi connectivity index (χ0) is 24.8. The van der Waals surface area contributed by atoms with Crippen molar-refractivity contribution in [2.24, 2.45) is 0 Å². The molecule has 5 heteroatoms. The van der Waals surface area contributed by atoms with E-state index in [1.165, 1.54) is 32.6 Å². The third-order valence-electron chi connectivity index (χ3n) is 7.71. The van der Waals surface area contributed by atoms with E-state index in [4.69, 9.17) is 9.40 Å². The maximum atomic E-state index is 6.34. The minimum absolute atomic E-state index is 0.592. The van der Waals surface area contributed by atoms with Gasteiger partial charge in [0.15, 0.2) is 0 Å². The molecule has 0 aliphatic heterocycles. The molecule has 0 saturated carbocycles. The molecule has 0 aliphatic rings. The van der Waals surface area contributed by atoms with Gasteiger partial charge in [0.1, 0.15) is 0 Å². The van der Waals surface area contributed by atoms with Crippen molar-refractivity contribution in [3.05, 3.63) is 121 Å². The number of hydrogen-bond acceptors (Lipinski definition) is 2. The molecule has 5 aromatic carbocycles. The van der Waals surface area contributed by atoms with Crippen molar-refractivity contribution < 1.29 is 4.42 Å². The summed E-state index contributed by atoms with van der Waals surface area (Å²) >= 11 is 0. The number of hydrogen-bond donors (Lipinski definition) is 0. The highest BCUT2D eigenvalue weighted by atomic mass is 16.4. The number of rotatable bonds is 2. The first-order valence-corrected chi connectivity index (χ1v) is 12.7. The fraction of sp³-hybridized carbons (Fsp3) is 0. The van der Waals surface area contributed by atoms with Gasteiger partial charge in [-0.2, -0.15) is 4.98 Å². The Morgan fingerprint density at radius 3 is 1.76 bits per heavy atom. The Balaban J connectivity index is 1.34. The zero-order valence-corrected chi connectivity index (χ0v) is 20.2. The van der Waals surface area contributed by atoms with Gasteiger partial charge in [0, 0.05) is 27.2 Å². The molecular formula is C33H20N4O. The van der Waals surface area contributed by atoms with Crippen LogP contribution in [0.25, 0.3) is 72.1 Å². The van der Waals surface area contributed by atoms with Gasteiger partial charge in [-0.1, -0.05) is 66.7 Å². The maximum absolute atomic E-state index is 6.34. The quantitative estimate of drug-likeness (QED) is 0.246. The molecule has 0 spiro atoms. The lowest BCUT2D eigenvalue weighted by molar-refractivity contribution is 0.574.